The summed E-state index contributed by atoms with van der Waals surface area (Å²) in [6.07, 6.45) is 0. The Labute approximate surface area is 133 Å². The molecule has 0 spiro atoms. The van der Waals surface area contributed by atoms with E-state index in [1.54, 1.807) is 12.1 Å². The lowest BCUT2D eigenvalue weighted by Gasteiger charge is -2.20. The van der Waals surface area contributed by atoms with Gasteiger partial charge in [0.1, 0.15) is 17.1 Å². The second-order valence-electron chi connectivity index (χ2n) is 6.51. The Balaban J connectivity index is 2.28. The number of hydrogen-bond donors (Lipinski definition) is 0. The van der Waals surface area contributed by atoms with E-state index in [1.807, 2.05) is 19.1 Å². The minimum atomic E-state index is -0.443. The van der Waals surface area contributed by atoms with Crippen LogP contribution in [-0.2, 0) is 5.41 Å². The van der Waals surface area contributed by atoms with Crippen LogP contribution >= 0.6 is 11.6 Å². The zero-order valence-electron chi connectivity index (χ0n) is 13.0. The molecule has 4 heteroatoms. The van der Waals surface area contributed by atoms with Gasteiger partial charge in [-0.3, -0.25) is 0 Å². The Morgan fingerprint density at radius 2 is 1.86 bits per heavy atom. The van der Waals surface area contributed by atoms with E-state index in [0.29, 0.717) is 11.3 Å². The molecule has 2 heterocycles. The van der Waals surface area contributed by atoms with E-state index in [4.69, 9.17) is 16.0 Å². The first-order chi connectivity index (χ1) is 10.3. The molecule has 3 rings (SSSR count). The Kier molecular flexibility index (Phi) is 3.48. The zero-order valence-corrected chi connectivity index (χ0v) is 13.8. The molecule has 0 aliphatic heterocycles. The summed E-state index contributed by atoms with van der Waals surface area (Å²) < 4.78 is 19.5. The second kappa shape index (κ2) is 5.10. The van der Waals surface area contributed by atoms with E-state index in [2.05, 4.69) is 25.8 Å². The van der Waals surface area contributed by atoms with Gasteiger partial charge in [-0.25, -0.2) is 9.37 Å². The lowest BCUT2D eigenvalue weighted by Crippen LogP contribution is -2.12. The SMILES string of the molecule is Cc1cc2nc(-c3ccc(Cl)c(F)c3)cc(C(C)(C)C)c2o1. The van der Waals surface area contributed by atoms with Gasteiger partial charge in [-0.05, 0) is 30.5 Å². The quantitative estimate of drug-likeness (QED) is 0.559. The van der Waals surface area contributed by atoms with Crippen LogP contribution in [0.4, 0.5) is 4.39 Å². The molecule has 2 aromatic heterocycles. The van der Waals surface area contributed by atoms with E-state index in [9.17, 15) is 4.39 Å². The molecule has 22 heavy (non-hydrogen) atoms. The van der Waals surface area contributed by atoms with Crippen LogP contribution in [0.5, 0.6) is 0 Å². The molecule has 3 aromatic rings. The standard InChI is InChI=1S/C18H17ClFNO/c1-10-7-16-17(22-10)12(18(2,3)4)9-15(21-16)11-5-6-13(19)14(20)8-11/h5-9H,1-4H3. The number of rotatable bonds is 1. The molecule has 0 N–H and O–H groups in total. The van der Waals surface area contributed by atoms with Crippen LogP contribution in [0.25, 0.3) is 22.4 Å². The van der Waals surface area contributed by atoms with Crippen LogP contribution in [0.1, 0.15) is 32.1 Å². The van der Waals surface area contributed by atoms with E-state index >= 15 is 0 Å². The number of aryl methyl sites for hydroxylation is 1. The summed E-state index contributed by atoms with van der Waals surface area (Å²) >= 11 is 5.76. The molecular weight excluding hydrogens is 301 g/mol. The molecule has 0 saturated heterocycles. The summed E-state index contributed by atoms with van der Waals surface area (Å²) in [5.74, 6) is 0.370. The van der Waals surface area contributed by atoms with Crippen LogP contribution in [0.2, 0.25) is 5.02 Å². The molecule has 0 unspecified atom stereocenters. The van der Waals surface area contributed by atoms with Crippen molar-refractivity contribution in [3.8, 4) is 11.3 Å². The summed E-state index contributed by atoms with van der Waals surface area (Å²) in [6.45, 7) is 8.25. The van der Waals surface area contributed by atoms with Gasteiger partial charge in [0, 0.05) is 17.2 Å². The third-order valence-corrected chi connectivity index (χ3v) is 3.93. The lowest BCUT2D eigenvalue weighted by atomic mass is 9.86. The highest BCUT2D eigenvalue weighted by Gasteiger charge is 2.22. The first kappa shape index (κ1) is 15.0. The molecular formula is C18H17ClFNO. The normalized spacial score (nSPS) is 12.1. The van der Waals surface area contributed by atoms with Gasteiger partial charge in [-0.1, -0.05) is 38.4 Å². The number of benzene rings is 1. The average molecular weight is 318 g/mol. The van der Waals surface area contributed by atoms with Crippen molar-refractivity contribution in [2.45, 2.75) is 33.1 Å². The number of furan rings is 1. The van der Waals surface area contributed by atoms with Crippen molar-refractivity contribution in [3.05, 3.63) is 52.5 Å². The monoisotopic (exact) mass is 317 g/mol. The summed E-state index contributed by atoms with van der Waals surface area (Å²) in [5.41, 5.74) is 3.95. The Bertz CT molecular complexity index is 861. The highest BCUT2D eigenvalue weighted by molar-refractivity contribution is 6.30. The average Bonchev–Trinajstić information content (AvgIpc) is 2.79. The van der Waals surface area contributed by atoms with Crippen molar-refractivity contribution in [3.63, 3.8) is 0 Å². The minimum Gasteiger partial charge on any atom is -0.459 e. The molecule has 0 saturated carbocycles. The maximum absolute atomic E-state index is 13.7. The van der Waals surface area contributed by atoms with Crippen molar-refractivity contribution in [2.75, 3.05) is 0 Å². The fraction of sp³-hybridized carbons (Fsp3) is 0.278. The van der Waals surface area contributed by atoms with Gasteiger partial charge in [0.2, 0.25) is 0 Å². The molecule has 0 aliphatic carbocycles. The van der Waals surface area contributed by atoms with Crippen molar-refractivity contribution in [1.82, 2.24) is 4.98 Å². The first-order valence-electron chi connectivity index (χ1n) is 7.13. The van der Waals surface area contributed by atoms with Gasteiger partial charge < -0.3 is 4.42 Å². The van der Waals surface area contributed by atoms with E-state index < -0.39 is 5.82 Å². The predicted octanol–water partition coefficient (Wildman–Crippen LogP) is 5.89. The molecule has 0 fully saturated rings. The summed E-state index contributed by atoms with van der Waals surface area (Å²) in [4.78, 5) is 4.61. The van der Waals surface area contributed by atoms with Crippen molar-refractivity contribution in [1.29, 1.82) is 0 Å². The zero-order chi connectivity index (χ0) is 16.1. The Hall–Kier alpha value is -1.87. The fourth-order valence-electron chi connectivity index (χ4n) is 2.50. The topological polar surface area (TPSA) is 26.0 Å². The summed E-state index contributed by atoms with van der Waals surface area (Å²) in [5, 5.41) is 0.111. The molecule has 114 valence electrons. The maximum atomic E-state index is 13.7. The fourth-order valence-corrected chi connectivity index (χ4v) is 2.62. The van der Waals surface area contributed by atoms with Crippen LogP contribution in [-0.4, -0.2) is 4.98 Å². The van der Waals surface area contributed by atoms with Crippen molar-refractivity contribution >= 4 is 22.7 Å². The number of fused-ring (bicyclic) bond motifs is 1. The van der Waals surface area contributed by atoms with E-state index in [-0.39, 0.29) is 10.4 Å². The lowest BCUT2D eigenvalue weighted by molar-refractivity contribution is 0.542. The van der Waals surface area contributed by atoms with Crippen LogP contribution in [0, 0.1) is 12.7 Å². The van der Waals surface area contributed by atoms with Gasteiger partial charge in [0.05, 0.1) is 10.7 Å². The van der Waals surface area contributed by atoms with Crippen molar-refractivity contribution in [2.24, 2.45) is 0 Å². The molecule has 0 aliphatic rings. The molecule has 0 bridgehead atoms. The predicted molar refractivity (Wildman–Crippen MR) is 87.9 cm³/mol. The van der Waals surface area contributed by atoms with Crippen molar-refractivity contribution < 1.29 is 8.81 Å². The smallest absolute Gasteiger partial charge is 0.156 e. The van der Waals surface area contributed by atoms with Gasteiger partial charge in [0.25, 0.3) is 0 Å². The van der Waals surface area contributed by atoms with E-state index in [0.717, 1.165) is 22.4 Å². The molecule has 0 radical (unpaired) electrons. The van der Waals surface area contributed by atoms with Gasteiger partial charge in [-0.2, -0.15) is 0 Å². The van der Waals surface area contributed by atoms with Crippen LogP contribution < -0.4 is 0 Å². The van der Waals surface area contributed by atoms with Crippen LogP contribution in [0.3, 0.4) is 0 Å². The summed E-state index contributed by atoms with van der Waals surface area (Å²) in [7, 11) is 0. The largest absolute Gasteiger partial charge is 0.459 e. The van der Waals surface area contributed by atoms with E-state index in [1.165, 1.54) is 6.07 Å². The Morgan fingerprint density at radius 3 is 2.50 bits per heavy atom. The number of halogens is 2. The third-order valence-electron chi connectivity index (χ3n) is 3.63. The van der Waals surface area contributed by atoms with Gasteiger partial charge in [0.15, 0.2) is 5.58 Å². The number of aromatic nitrogens is 1. The van der Waals surface area contributed by atoms with Gasteiger partial charge >= 0.3 is 0 Å². The van der Waals surface area contributed by atoms with Crippen LogP contribution in [0.15, 0.2) is 34.7 Å². The minimum absolute atomic E-state index is 0.106. The Morgan fingerprint density at radius 1 is 1.14 bits per heavy atom. The number of pyridine rings is 1. The molecule has 2 nitrogen and oxygen atoms in total. The van der Waals surface area contributed by atoms with Gasteiger partial charge in [-0.15, -0.1) is 0 Å². The maximum Gasteiger partial charge on any atom is 0.156 e. The highest BCUT2D eigenvalue weighted by Crippen LogP contribution is 2.34. The number of nitrogens with zero attached hydrogens (tertiary/aromatic N) is 1. The molecule has 0 amide bonds. The highest BCUT2D eigenvalue weighted by atomic mass is 35.5. The molecule has 1 aromatic carbocycles. The third kappa shape index (κ3) is 2.61. The summed E-state index contributed by atoms with van der Waals surface area (Å²) in [6, 6.07) is 8.61. The second-order valence-corrected chi connectivity index (χ2v) is 6.91. The molecule has 0 atom stereocenters. The number of hydrogen-bond acceptors (Lipinski definition) is 2. The first-order valence-corrected chi connectivity index (χ1v) is 7.50.